The van der Waals surface area contributed by atoms with Crippen molar-refractivity contribution in [2.45, 2.75) is 5.33 Å². The maximum Gasteiger partial charge on any atom is 0.287 e. The maximum atomic E-state index is 10.9. The van der Waals surface area contributed by atoms with Gasteiger partial charge in [0.2, 0.25) is 0 Å². The standard InChI is InChI=1S/C13H8Br3NO3/c14-7-8-4-5-9(6-10(8)15)20-12-3-1-2-11(13(12)16)17(18)19/h1-6H,7H2. The minimum Gasteiger partial charge on any atom is -0.456 e. The van der Waals surface area contributed by atoms with Gasteiger partial charge in [-0.25, -0.2) is 0 Å². The Morgan fingerprint density at radius 3 is 2.55 bits per heavy atom. The first kappa shape index (κ1) is 15.5. The van der Waals surface area contributed by atoms with Crippen LogP contribution in [0.5, 0.6) is 11.5 Å². The first-order valence-electron chi connectivity index (χ1n) is 5.48. The molecule has 0 aliphatic carbocycles. The highest BCUT2D eigenvalue weighted by Gasteiger charge is 2.16. The van der Waals surface area contributed by atoms with E-state index < -0.39 is 4.92 Å². The Balaban J connectivity index is 2.33. The second kappa shape index (κ2) is 6.69. The molecule has 0 saturated carbocycles. The smallest absolute Gasteiger partial charge is 0.287 e. The van der Waals surface area contributed by atoms with Gasteiger partial charge in [-0.15, -0.1) is 0 Å². The molecule has 0 amide bonds. The summed E-state index contributed by atoms with van der Waals surface area (Å²) in [5, 5.41) is 11.6. The van der Waals surface area contributed by atoms with Crippen molar-refractivity contribution in [3.8, 4) is 11.5 Å². The quantitative estimate of drug-likeness (QED) is 0.325. The molecule has 2 aromatic rings. The van der Waals surface area contributed by atoms with Crippen molar-refractivity contribution < 1.29 is 9.66 Å². The van der Waals surface area contributed by atoms with Crippen LogP contribution in [0.25, 0.3) is 0 Å². The average molecular weight is 466 g/mol. The predicted molar refractivity (Wildman–Crippen MR) is 87.6 cm³/mol. The number of nitro benzene ring substituents is 1. The van der Waals surface area contributed by atoms with E-state index in [1.54, 1.807) is 12.1 Å². The van der Waals surface area contributed by atoms with E-state index in [-0.39, 0.29) is 5.69 Å². The summed E-state index contributed by atoms with van der Waals surface area (Å²) < 4.78 is 6.92. The maximum absolute atomic E-state index is 10.9. The minimum atomic E-state index is -0.458. The van der Waals surface area contributed by atoms with Crippen LogP contribution in [0.3, 0.4) is 0 Å². The Bertz CT molecular complexity index is 661. The molecule has 7 heteroatoms. The normalized spacial score (nSPS) is 10.3. The molecule has 0 bridgehead atoms. The number of ether oxygens (including phenoxy) is 1. The number of nitrogens with zero attached hydrogens (tertiary/aromatic N) is 1. The Kier molecular flexibility index (Phi) is 5.17. The van der Waals surface area contributed by atoms with Crippen LogP contribution in [0.15, 0.2) is 45.3 Å². The molecule has 2 aromatic carbocycles. The molecule has 0 atom stereocenters. The van der Waals surface area contributed by atoms with Crippen LogP contribution in [0, 0.1) is 10.1 Å². The van der Waals surface area contributed by atoms with E-state index in [9.17, 15) is 10.1 Å². The second-order valence-corrected chi connectivity index (χ2v) is 6.04. The highest BCUT2D eigenvalue weighted by atomic mass is 79.9. The van der Waals surface area contributed by atoms with Crippen LogP contribution in [-0.4, -0.2) is 4.92 Å². The van der Waals surface area contributed by atoms with Crippen molar-refractivity contribution >= 4 is 53.5 Å². The average Bonchev–Trinajstić information content (AvgIpc) is 2.41. The third-order valence-corrected chi connectivity index (χ3v) is 4.68. The summed E-state index contributed by atoms with van der Waals surface area (Å²) in [5.41, 5.74) is 1.06. The van der Waals surface area contributed by atoms with Gasteiger partial charge in [0.1, 0.15) is 16.0 Å². The molecule has 0 saturated heterocycles. The van der Waals surface area contributed by atoms with E-state index >= 15 is 0 Å². The Morgan fingerprint density at radius 1 is 1.20 bits per heavy atom. The first-order chi connectivity index (χ1) is 9.52. The highest BCUT2D eigenvalue weighted by Crippen LogP contribution is 2.37. The van der Waals surface area contributed by atoms with E-state index in [0.29, 0.717) is 16.0 Å². The molecule has 2 rings (SSSR count). The molecule has 0 fully saturated rings. The summed E-state index contributed by atoms with van der Waals surface area (Å²) in [7, 11) is 0. The van der Waals surface area contributed by atoms with Gasteiger partial charge in [-0.3, -0.25) is 10.1 Å². The number of halogens is 3. The van der Waals surface area contributed by atoms with Gasteiger partial charge in [0.15, 0.2) is 0 Å². The molecule has 0 N–H and O–H groups in total. The lowest BCUT2D eigenvalue weighted by molar-refractivity contribution is -0.385. The molecule has 0 aliphatic rings. The molecular weight excluding hydrogens is 458 g/mol. The Morgan fingerprint density at radius 2 is 1.95 bits per heavy atom. The van der Waals surface area contributed by atoms with Crippen molar-refractivity contribution in [2.24, 2.45) is 0 Å². The summed E-state index contributed by atoms with van der Waals surface area (Å²) in [6.45, 7) is 0. The predicted octanol–water partition coefficient (Wildman–Crippen LogP) is 5.81. The van der Waals surface area contributed by atoms with Gasteiger partial charge < -0.3 is 4.74 Å². The van der Waals surface area contributed by atoms with Crippen LogP contribution in [0.4, 0.5) is 5.69 Å². The van der Waals surface area contributed by atoms with Crippen LogP contribution >= 0.6 is 47.8 Å². The van der Waals surface area contributed by atoms with E-state index in [2.05, 4.69) is 47.8 Å². The lowest BCUT2D eigenvalue weighted by Gasteiger charge is -2.09. The lowest BCUT2D eigenvalue weighted by Crippen LogP contribution is -1.92. The van der Waals surface area contributed by atoms with Gasteiger partial charge in [0, 0.05) is 15.9 Å². The van der Waals surface area contributed by atoms with Gasteiger partial charge in [-0.1, -0.05) is 44.0 Å². The number of rotatable bonds is 4. The van der Waals surface area contributed by atoms with Gasteiger partial charge >= 0.3 is 0 Å². The first-order valence-corrected chi connectivity index (χ1v) is 8.19. The number of hydrogen-bond acceptors (Lipinski definition) is 3. The summed E-state index contributed by atoms with van der Waals surface area (Å²) in [5.74, 6) is 1.00. The lowest BCUT2D eigenvalue weighted by atomic mass is 10.2. The third-order valence-electron chi connectivity index (χ3n) is 2.54. The van der Waals surface area contributed by atoms with Gasteiger partial charge in [0.25, 0.3) is 5.69 Å². The molecule has 20 heavy (non-hydrogen) atoms. The van der Waals surface area contributed by atoms with Gasteiger partial charge in [0.05, 0.1) is 4.92 Å². The zero-order valence-electron chi connectivity index (χ0n) is 9.98. The van der Waals surface area contributed by atoms with Crippen molar-refractivity contribution in [3.63, 3.8) is 0 Å². The molecule has 0 unspecified atom stereocenters. The largest absolute Gasteiger partial charge is 0.456 e. The molecule has 4 nitrogen and oxygen atoms in total. The van der Waals surface area contributed by atoms with Crippen molar-refractivity contribution in [3.05, 3.63) is 61.0 Å². The number of hydrogen-bond donors (Lipinski definition) is 0. The van der Waals surface area contributed by atoms with E-state index in [4.69, 9.17) is 4.74 Å². The third kappa shape index (κ3) is 3.39. The second-order valence-electron chi connectivity index (χ2n) is 3.84. The SMILES string of the molecule is O=[N+]([O-])c1cccc(Oc2ccc(CBr)c(Br)c2)c1Br. The molecule has 0 aromatic heterocycles. The summed E-state index contributed by atoms with van der Waals surface area (Å²) >= 11 is 10.0. The minimum absolute atomic E-state index is 0.0290. The Labute approximate surface area is 140 Å². The fourth-order valence-electron chi connectivity index (χ4n) is 1.55. The summed E-state index contributed by atoms with van der Waals surface area (Å²) in [4.78, 5) is 10.4. The fourth-order valence-corrected chi connectivity index (χ4v) is 3.40. The zero-order chi connectivity index (χ0) is 14.7. The van der Waals surface area contributed by atoms with Crippen molar-refractivity contribution in [1.29, 1.82) is 0 Å². The topological polar surface area (TPSA) is 52.4 Å². The van der Waals surface area contributed by atoms with Crippen LogP contribution < -0.4 is 4.74 Å². The molecule has 0 heterocycles. The van der Waals surface area contributed by atoms with Crippen LogP contribution in [0.2, 0.25) is 0 Å². The fraction of sp³-hybridized carbons (Fsp3) is 0.0769. The van der Waals surface area contributed by atoms with Crippen LogP contribution in [-0.2, 0) is 5.33 Å². The zero-order valence-corrected chi connectivity index (χ0v) is 14.7. The molecule has 104 valence electrons. The number of alkyl halides is 1. The van der Waals surface area contributed by atoms with Gasteiger partial charge in [-0.05, 0) is 39.7 Å². The van der Waals surface area contributed by atoms with Gasteiger partial charge in [-0.2, -0.15) is 0 Å². The van der Waals surface area contributed by atoms with Crippen molar-refractivity contribution in [2.75, 3.05) is 0 Å². The highest BCUT2D eigenvalue weighted by molar-refractivity contribution is 9.11. The van der Waals surface area contributed by atoms with Crippen molar-refractivity contribution in [1.82, 2.24) is 0 Å². The van der Waals surface area contributed by atoms with E-state index in [1.165, 1.54) is 6.07 Å². The monoisotopic (exact) mass is 463 g/mol. The molecular formula is C13H8Br3NO3. The summed E-state index contributed by atoms with van der Waals surface area (Å²) in [6.07, 6.45) is 0. The molecule has 0 radical (unpaired) electrons. The van der Waals surface area contributed by atoms with E-state index in [1.807, 2.05) is 18.2 Å². The number of benzene rings is 2. The molecule has 0 aliphatic heterocycles. The van der Waals surface area contributed by atoms with Crippen LogP contribution in [0.1, 0.15) is 5.56 Å². The number of nitro groups is 1. The molecule has 0 spiro atoms. The Hall–Kier alpha value is -0.920. The summed E-state index contributed by atoms with van der Waals surface area (Å²) in [6, 6.07) is 10.2. The van der Waals surface area contributed by atoms with E-state index in [0.717, 1.165) is 15.4 Å².